The Bertz CT molecular complexity index is 1320. The summed E-state index contributed by atoms with van der Waals surface area (Å²) in [5.74, 6) is 2.14. The molecule has 198 valence electrons. The van der Waals surface area contributed by atoms with Crippen molar-refractivity contribution in [1.82, 2.24) is 0 Å². The first kappa shape index (κ1) is 27.4. The van der Waals surface area contributed by atoms with E-state index in [1.807, 2.05) is 78.8 Å². The Morgan fingerprint density at radius 1 is 0.811 bits per heavy atom. The normalized spacial score (nSPS) is 14.0. The van der Waals surface area contributed by atoms with E-state index in [0.717, 1.165) is 33.8 Å². The van der Waals surface area contributed by atoms with Crippen LogP contribution in [0.25, 0.3) is 0 Å². The minimum absolute atomic E-state index is 0.420. The Morgan fingerprint density at radius 3 is 1.65 bits per heavy atom. The summed E-state index contributed by atoms with van der Waals surface area (Å²) in [6, 6.07) is 9.61. The minimum atomic E-state index is -3.48. The maximum absolute atomic E-state index is 15.7. The molecular formula is C29H34BrO6P. The van der Waals surface area contributed by atoms with Crippen LogP contribution in [0.2, 0.25) is 0 Å². The number of hydrogen-bond donors (Lipinski definition) is 0. The van der Waals surface area contributed by atoms with Crippen LogP contribution in [0.3, 0.4) is 0 Å². The lowest BCUT2D eigenvalue weighted by Crippen LogP contribution is -2.30. The molecule has 0 aromatic heterocycles. The van der Waals surface area contributed by atoms with Gasteiger partial charge in [0.25, 0.3) is 0 Å². The van der Waals surface area contributed by atoms with Gasteiger partial charge in [0.15, 0.2) is 18.6 Å². The van der Waals surface area contributed by atoms with Gasteiger partial charge in [-0.3, -0.25) is 0 Å². The van der Waals surface area contributed by atoms with Gasteiger partial charge in [-0.2, -0.15) is 0 Å². The Balaban J connectivity index is 2.12. The van der Waals surface area contributed by atoms with Crippen LogP contribution in [0.15, 0.2) is 34.8 Å². The summed E-state index contributed by atoms with van der Waals surface area (Å²) in [5, 5.41) is 1.95. The molecule has 0 radical (unpaired) electrons. The molecule has 1 aliphatic heterocycles. The number of hydrogen-bond acceptors (Lipinski definition) is 6. The molecule has 0 saturated carbocycles. The third-order valence-corrected chi connectivity index (χ3v) is 10.6. The van der Waals surface area contributed by atoms with Crippen molar-refractivity contribution in [3.63, 3.8) is 0 Å². The van der Waals surface area contributed by atoms with Gasteiger partial charge in [-0.15, -0.1) is 0 Å². The Hall–Kier alpha value is -2.63. The molecule has 1 heterocycles. The molecule has 0 aliphatic carbocycles. The fourth-order valence-electron chi connectivity index (χ4n) is 5.06. The molecule has 0 bridgehead atoms. The highest BCUT2D eigenvalue weighted by atomic mass is 79.9. The molecule has 1 aliphatic rings. The van der Waals surface area contributed by atoms with Gasteiger partial charge in [-0.05, 0) is 103 Å². The van der Waals surface area contributed by atoms with Crippen molar-refractivity contribution < 1.29 is 28.2 Å². The molecule has 0 amide bonds. The smallest absolute Gasteiger partial charge is 0.246 e. The van der Waals surface area contributed by atoms with Crippen molar-refractivity contribution in [2.45, 2.75) is 54.3 Å². The number of fused-ring (bicyclic) bond motifs is 1. The Kier molecular flexibility index (Phi) is 7.35. The molecule has 0 spiro atoms. The fraction of sp³-hybridized carbons (Fsp3) is 0.379. The predicted molar refractivity (Wildman–Crippen MR) is 152 cm³/mol. The Morgan fingerprint density at radius 2 is 1.24 bits per heavy atom. The second kappa shape index (κ2) is 9.92. The van der Waals surface area contributed by atoms with Crippen LogP contribution in [0, 0.1) is 27.7 Å². The quantitative estimate of drug-likeness (QED) is 0.304. The average Bonchev–Trinajstić information content (AvgIpc) is 3.16. The van der Waals surface area contributed by atoms with Crippen molar-refractivity contribution in [2.75, 3.05) is 20.8 Å². The SMILES string of the molecule is CCOc1cc(P(=O)(c2cc(C)c(OC)c(C)c2)c2cc(C)c(OC)c(C)c2)c(Br)c2c1OC(C)(C)O2. The van der Waals surface area contributed by atoms with Gasteiger partial charge in [-0.1, -0.05) is 0 Å². The number of rotatable bonds is 7. The number of benzene rings is 3. The summed E-state index contributed by atoms with van der Waals surface area (Å²) < 4.78 is 45.7. The van der Waals surface area contributed by atoms with Crippen molar-refractivity contribution in [3.8, 4) is 28.7 Å². The molecule has 4 rings (SSSR count). The van der Waals surface area contributed by atoms with Gasteiger partial charge in [0, 0.05) is 29.8 Å². The van der Waals surface area contributed by atoms with Crippen molar-refractivity contribution in [3.05, 3.63) is 57.1 Å². The summed E-state index contributed by atoms with van der Waals surface area (Å²) in [6.45, 7) is 13.9. The first-order valence-corrected chi connectivity index (χ1v) is 14.7. The molecule has 3 aromatic carbocycles. The summed E-state index contributed by atoms with van der Waals surface area (Å²) in [4.78, 5) is 0. The van der Waals surface area contributed by atoms with E-state index in [2.05, 4.69) is 15.9 Å². The van der Waals surface area contributed by atoms with E-state index in [9.17, 15) is 0 Å². The van der Waals surface area contributed by atoms with Crippen LogP contribution < -0.4 is 39.6 Å². The van der Waals surface area contributed by atoms with Crippen LogP contribution >= 0.6 is 23.1 Å². The number of methoxy groups -OCH3 is 2. The van der Waals surface area contributed by atoms with Gasteiger partial charge in [0.2, 0.25) is 11.5 Å². The fourth-order valence-corrected chi connectivity index (χ4v) is 9.22. The first-order valence-electron chi connectivity index (χ1n) is 12.2. The zero-order chi connectivity index (χ0) is 27.3. The molecule has 3 aromatic rings. The summed E-state index contributed by atoms with van der Waals surface area (Å²) >= 11 is 3.75. The van der Waals surface area contributed by atoms with Crippen molar-refractivity contribution in [2.24, 2.45) is 0 Å². The lowest BCUT2D eigenvalue weighted by atomic mass is 10.1. The highest BCUT2D eigenvalue weighted by Crippen LogP contribution is 2.55. The third kappa shape index (κ3) is 4.61. The monoisotopic (exact) mass is 588 g/mol. The van der Waals surface area contributed by atoms with Crippen LogP contribution in [-0.2, 0) is 4.57 Å². The molecular weight excluding hydrogens is 555 g/mol. The molecule has 0 N–H and O–H groups in total. The molecule has 0 fully saturated rings. The maximum Gasteiger partial charge on any atom is 0.246 e. The van der Waals surface area contributed by atoms with Gasteiger partial charge in [0.05, 0.1) is 25.3 Å². The Labute approximate surface area is 227 Å². The van der Waals surface area contributed by atoms with Gasteiger partial charge in [-0.25, -0.2) is 0 Å². The molecule has 6 nitrogen and oxygen atoms in total. The molecule has 0 atom stereocenters. The lowest BCUT2D eigenvalue weighted by molar-refractivity contribution is -0.0443. The number of halogens is 1. The summed E-state index contributed by atoms with van der Waals surface area (Å²) in [6.07, 6.45) is 0. The van der Waals surface area contributed by atoms with E-state index in [1.54, 1.807) is 14.2 Å². The largest absolute Gasteiger partial charge is 0.496 e. The third-order valence-electron chi connectivity index (χ3n) is 6.48. The van der Waals surface area contributed by atoms with Gasteiger partial charge < -0.3 is 28.2 Å². The highest BCUT2D eigenvalue weighted by molar-refractivity contribution is 9.10. The molecule has 8 heteroatoms. The molecule has 37 heavy (non-hydrogen) atoms. The second-order valence-corrected chi connectivity index (χ2v) is 13.3. The standard InChI is InChI=1S/C29H34BrO6P/c1-10-34-22-15-23(24(30)28-27(22)35-29(6,7)36-28)37(31,20-11-16(2)25(32-8)17(3)12-20)21-13-18(4)26(33-9)19(5)14-21/h11-15H,10H2,1-9H3. The number of aryl methyl sites for hydroxylation is 4. The zero-order valence-corrected chi connectivity index (χ0v) is 25.3. The van der Waals surface area contributed by atoms with Crippen LogP contribution in [0.5, 0.6) is 28.7 Å². The average molecular weight is 589 g/mol. The van der Waals surface area contributed by atoms with Gasteiger partial charge in [0.1, 0.15) is 11.5 Å². The van der Waals surface area contributed by atoms with Gasteiger partial charge >= 0.3 is 0 Å². The summed E-state index contributed by atoms with van der Waals surface area (Å²) in [7, 11) is -0.184. The predicted octanol–water partition coefficient (Wildman–Crippen LogP) is 6.25. The zero-order valence-electron chi connectivity index (χ0n) is 22.9. The van der Waals surface area contributed by atoms with Crippen LogP contribution in [0.1, 0.15) is 43.0 Å². The van der Waals surface area contributed by atoms with E-state index < -0.39 is 12.9 Å². The van der Waals surface area contributed by atoms with E-state index in [-0.39, 0.29) is 0 Å². The van der Waals surface area contributed by atoms with Crippen molar-refractivity contribution in [1.29, 1.82) is 0 Å². The lowest BCUT2D eigenvalue weighted by Gasteiger charge is -2.25. The van der Waals surface area contributed by atoms with E-state index in [1.165, 1.54) is 0 Å². The molecule has 0 saturated heterocycles. The second-order valence-electron chi connectivity index (χ2n) is 9.74. The number of ether oxygens (including phenoxy) is 5. The minimum Gasteiger partial charge on any atom is -0.496 e. The van der Waals surface area contributed by atoms with Crippen LogP contribution in [0.4, 0.5) is 0 Å². The topological polar surface area (TPSA) is 63.2 Å². The van der Waals surface area contributed by atoms with Crippen molar-refractivity contribution >= 4 is 39.0 Å². The van der Waals surface area contributed by atoms with Crippen LogP contribution in [-0.4, -0.2) is 26.6 Å². The molecule has 0 unspecified atom stereocenters. The summed E-state index contributed by atoms with van der Waals surface area (Å²) in [5.41, 5.74) is 3.62. The van der Waals surface area contributed by atoms with E-state index in [0.29, 0.717) is 44.2 Å². The van der Waals surface area contributed by atoms with E-state index in [4.69, 9.17) is 23.7 Å². The van der Waals surface area contributed by atoms with E-state index >= 15 is 4.57 Å². The first-order chi connectivity index (χ1) is 17.4. The highest BCUT2D eigenvalue weighted by Gasteiger charge is 2.42. The maximum atomic E-state index is 15.7.